The number of sulfonamides is 1. The molecule has 6 nitrogen and oxygen atoms in total. The lowest BCUT2D eigenvalue weighted by atomic mass is 10.2. The predicted octanol–water partition coefficient (Wildman–Crippen LogP) is 4.44. The number of hydrogen-bond donors (Lipinski definition) is 0. The summed E-state index contributed by atoms with van der Waals surface area (Å²) in [6.07, 6.45) is 0. The lowest BCUT2D eigenvalue weighted by Crippen LogP contribution is -2.31. The summed E-state index contributed by atoms with van der Waals surface area (Å²) in [5, 5.41) is 10.8. The molecule has 0 bridgehead atoms. The van der Waals surface area contributed by atoms with Crippen LogP contribution in [0, 0.1) is 22.9 Å². The first kappa shape index (κ1) is 19.5. The maximum absolute atomic E-state index is 14.2. The van der Waals surface area contributed by atoms with Gasteiger partial charge in [-0.15, -0.1) is 0 Å². The van der Waals surface area contributed by atoms with Gasteiger partial charge in [-0.05, 0) is 42.8 Å². The van der Waals surface area contributed by atoms with Gasteiger partial charge in [-0.2, -0.15) is 0 Å². The van der Waals surface area contributed by atoms with Gasteiger partial charge < -0.3 is 0 Å². The highest BCUT2D eigenvalue weighted by molar-refractivity contribution is 7.92. The second-order valence-corrected chi connectivity index (χ2v) is 8.06. The van der Waals surface area contributed by atoms with E-state index in [1.54, 1.807) is 24.3 Å². The zero-order chi connectivity index (χ0) is 20.3. The average molecular weight is 400 g/mol. The van der Waals surface area contributed by atoms with E-state index in [4.69, 9.17) is 0 Å². The van der Waals surface area contributed by atoms with Crippen LogP contribution in [-0.2, 0) is 16.6 Å². The van der Waals surface area contributed by atoms with E-state index in [9.17, 15) is 22.9 Å². The lowest BCUT2D eigenvalue weighted by molar-refractivity contribution is -0.384. The molecule has 0 atom stereocenters. The van der Waals surface area contributed by atoms with Crippen molar-refractivity contribution >= 4 is 21.4 Å². The van der Waals surface area contributed by atoms with E-state index >= 15 is 0 Å². The van der Waals surface area contributed by atoms with Crippen molar-refractivity contribution in [2.75, 3.05) is 4.31 Å². The molecule has 0 spiro atoms. The molecule has 0 aliphatic carbocycles. The Hall–Kier alpha value is -3.26. The molecule has 28 heavy (non-hydrogen) atoms. The molecule has 0 aliphatic rings. The number of hydrogen-bond acceptors (Lipinski definition) is 4. The molecule has 0 N–H and O–H groups in total. The Morgan fingerprint density at radius 3 is 2.29 bits per heavy atom. The zero-order valence-corrected chi connectivity index (χ0v) is 15.8. The Labute approximate surface area is 162 Å². The van der Waals surface area contributed by atoms with Gasteiger partial charge in [0.1, 0.15) is 5.82 Å². The van der Waals surface area contributed by atoms with Crippen molar-refractivity contribution in [3.63, 3.8) is 0 Å². The molecular weight excluding hydrogens is 383 g/mol. The van der Waals surface area contributed by atoms with Gasteiger partial charge in [-0.1, -0.05) is 30.3 Å². The van der Waals surface area contributed by atoms with Gasteiger partial charge in [0.2, 0.25) is 0 Å². The first-order valence-corrected chi connectivity index (χ1v) is 9.80. The van der Waals surface area contributed by atoms with Crippen molar-refractivity contribution in [2.24, 2.45) is 0 Å². The molecule has 8 heteroatoms. The molecule has 0 aromatic heterocycles. The van der Waals surface area contributed by atoms with Crippen molar-refractivity contribution in [2.45, 2.75) is 18.4 Å². The summed E-state index contributed by atoms with van der Waals surface area (Å²) in [6, 6.07) is 17.4. The topological polar surface area (TPSA) is 80.5 Å². The molecule has 0 radical (unpaired) electrons. The number of non-ortho nitro benzene ring substituents is 1. The van der Waals surface area contributed by atoms with Gasteiger partial charge in [-0.25, -0.2) is 12.8 Å². The van der Waals surface area contributed by atoms with Crippen molar-refractivity contribution < 1.29 is 17.7 Å². The van der Waals surface area contributed by atoms with Crippen LogP contribution in [0.15, 0.2) is 77.7 Å². The number of aryl methyl sites for hydroxylation is 1. The standard InChI is InChI=1S/C20H17FN2O4S/c1-15-5-4-7-18(13-15)22(14-16-6-2-3-8-20(16)21)28(26,27)19-11-9-17(10-12-19)23(24)25/h2-13H,14H2,1H3. The highest BCUT2D eigenvalue weighted by Crippen LogP contribution is 2.28. The van der Waals surface area contributed by atoms with Crippen molar-refractivity contribution in [1.82, 2.24) is 0 Å². The second kappa shape index (κ2) is 7.77. The minimum absolute atomic E-state index is 0.115. The predicted molar refractivity (Wildman–Crippen MR) is 104 cm³/mol. The van der Waals surface area contributed by atoms with E-state index in [0.29, 0.717) is 5.69 Å². The highest BCUT2D eigenvalue weighted by Gasteiger charge is 2.26. The van der Waals surface area contributed by atoms with Gasteiger partial charge in [-0.3, -0.25) is 14.4 Å². The Morgan fingerprint density at radius 2 is 1.68 bits per heavy atom. The van der Waals surface area contributed by atoms with Gasteiger partial charge >= 0.3 is 0 Å². The SMILES string of the molecule is Cc1cccc(N(Cc2ccccc2F)S(=O)(=O)c2ccc([N+](=O)[O-])cc2)c1. The Morgan fingerprint density at radius 1 is 1.00 bits per heavy atom. The molecule has 0 unspecified atom stereocenters. The van der Waals surface area contributed by atoms with Gasteiger partial charge in [0.15, 0.2) is 0 Å². The van der Waals surface area contributed by atoms with Crippen LogP contribution in [-0.4, -0.2) is 13.3 Å². The first-order chi connectivity index (χ1) is 13.3. The fourth-order valence-electron chi connectivity index (χ4n) is 2.75. The molecule has 3 aromatic carbocycles. The summed E-state index contributed by atoms with van der Waals surface area (Å²) >= 11 is 0. The molecule has 0 aliphatic heterocycles. The van der Waals surface area contributed by atoms with Crippen LogP contribution in [0.25, 0.3) is 0 Å². The fraction of sp³-hybridized carbons (Fsp3) is 0.100. The number of halogens is 1. The largest absolute Gasteiger partial charge is 0.269 e. The average Bonchev–Trinajstić information content (AvgIpc) is 2.67. The number of nitrogens with zero attached hydrogens (tertiary/aromatic N) is 2. The third kappa shape index (κ3) is 4.01. The van der Waals surface area contributed by atoms with E-state index in [1.165, 1.54) is 30.3 Å². The maximum Gasteiger partial charge on any atom is 0.269 e. The van der Waals surface area contributed by atoms with Crippen LogP contribution < -0.4 is 4.31 Å². The summed E-state index contributed by atoms with van der Waals surface area (Å²) in [7, 11) is -4.08. The third-order valence-corrected chi connectivity index (χ3v) is 5.99. The van der Waals surface area contributed by atoms with Gasteiger partial charge in [0, 0.05) is 17.7 Å². The number of nitro benzene ring substituents is 1. The Bertz CT molecular complexity index is 1120. The number of anilines is 1. The van der Waals surface area contributed by atoms with Gasteiger partial charge in [0.25, 0.3) is 15.7 Å². The minimum Gasteiger partial charge on any atom is -0.262 e. The van der Waals surface area contributed by atoms with E-state index in [0.717, 1.165) is 22.0 Å². The minimum atomic E-state index is -4.08. The summed E-state index contributed by atoms with van der Waals surface area (Å²) in [4.78, 5) is 10.1. The smallest absolute Gasteiger partial charge is 0.262 e. The van der Waals surface area contributed by atoms with Crippen molar-refractivity contribution in [1.29, 1.82) is 0 Å². The molecule has 0 amide bonds. The van der Waals surface area contributed by atoms with E-state index in [-0.39, 0.29) is 22.7 Å². The number of benzene rings is 3. The van der Waals surface area contributed by atoms with E-state index in [1.807, 2.05) is 13.0 Å². The molecule has 3 rings (SSSR count). The van der Waals surface area contributed by atoms with Gasteiger partial charge in [0.05, 0.1) is 22.1 Å². The third-order valence-electron chi connectivity index (χ3n) is 4.20. The zero-order valence-electron chi connectivity index (χ0n) is 14.9. The monoisotopic (exact) mass is 400 g/mol. The number of rotatable bonds is 6. The normalized spacial score (nSPS) is 11.2. The van der Waals surface area contributed by atoms with Crippen LogP contribution in [0.4, 0.5) is 15.8 Å². The van der Waals surface area contributed by atoms with Crippen LogP contribution in [0.2, 0.25) is 0 Å². The summed E-state index contributed by atoms with van der Waals surface area (Å²) < 4.78 is 41.8. The molecule has 0 heterocycles. The number of nitro groups is 1. The van der Waals surface area contributed by atoms with Crippen LogP contribution in [0.1, 0.15) is 11.1 Å². The van der Waals surface area contributed by atoms with Crippen molar-refractivity contribution in [3.8, 4) is 0 Å². The van der Waals surface area contributed by atoms with Crippen LogP contribution in [0.5, 0.6) is 0 Å². The molecule has 144 valence electrons. The second-order valence-electron chi connectivity index (χ2n) is 6.19. The summed E-state index contributed by atoms with van der Waals surface area (Å²) in [5.74, 6) is -0.515. The maximum atomic E-state index is 14.2. The summed E-state index contributed by atoms with van der Waals surface area (Å²) in [6.45, 7) is 1.61. The fourth-order valence-corrected chi connectivity index (χ4v) is 4.18. The quantitative estimate of drug-likeness (QED) is 0.453. The Kier molecular flexibility index (Phi) is 5.41. The summed E-state index contributed by atoms with van der Waals surface area (Å²) in [5.41, 5.74) is 1.22. The first-order valence-electron chi connectivity index (χ1n) is 8.36. The van der Waals surface area contributed by atoms with E-state index < -0.39 is 20.8 Å². The molecule has 0 fully saturated rings. The Balaban J connectivity index is 2.09. The molecule has 3 aromatic rings. The van der Waals surface area contributed by atoms with E-state index in [2.05, 4.69) is 0 Å². The molecular formula is C20H17FN2O4S. The van der Waals surface area contributed by atoms with Crippen LogP contribution in [0.3, 0.4) is 0 Å². The van der Waals surface area contributed by atoms with Crippen molar-refractivity contribution in [3.05, 3.63) is 99.9 Å². The molecule has 0 saturated heterocycles. The van der Waals surface area contributed by atoms with Crippen LogP contribution >= 0.6 is 0 Å². The molecule has 0 saturated carbocycles. The highest BCUT2D eigenvalue weighted by atomic mass is 32.2. The lowest BCUT2D eigenvalue weighted by Gasteiger charge is -2.25.